The molecule has 3 atom stereocenters. The van der Waals surface area contributed by atoms with E-state index in [9.17, 15) is 9.90 Å². The molecule has 1 saturated carbocycles. The number of carbonyl (C=O) groups is 1. The summed E-state index contributed by atoms with van der Waals surface area (Å²) in [6.07, 6.45) is 5.48. The maximum Gasteiger partial charge on any atom is 0.328 e. The maximum atomic E-state index is 11.8. The predicted molar refractivity (Wildman–Crippen MR) is 69.3 cm³/mol. The third kappa shape index (κ3) is 1.74. The number of rotatable bonds is 2. The van der Waals surface area contributed by atoms with Gasteiger partial charge in [-0.25, -0.2) is 4.79 Å². The van der Waals surface area contributed by atoms with Crippen molar-refractivity contribution < 1.29 is 9.90 Å². The molecule has 1 heterocycles. The van der Waals surface area contributed by atoms with Crippen LogP contribution in [0.5, 0.6) is 0 Å². The number of benzene rings is 1. The molecule has 1 saturated heterocycles. The Morgan fingerprint density at radius 1 is 1.22 bits per heavy atom. The number of hydrogen-bond acceptors (Lipinski definition) is 2. The first kappa shape index (κ1) is 11.7. The molecule has 3 nitrogen and oxygen atoms in total. The van der Waals surface area contributed by atoms with Gasteiger partial charge in [0.15, 0.2) is 0 Å². The van der Waals surface area contributed by atoms with Crippen LogP contribution in [0.15, 0.2) is 30.3 Å². The highest BCUT2D eigenvalue weighted by Crippen LogP contribution is 2.43. The molecule has 2 aliphatic rings. The molecule has 18 heavy (non-hydrogen) atoms. The molecular weight excluding hydrogens is 226 g/mol. The van der Waals surface area contributed by atoms with Crippen molar-refractivity contribution in [3.63, 3.8) is 0 Å². The van der Waals surface area contributed by atoms with Gasteiger partial charge in [0.2, 0.25) is 0 Å². The number of hydrogen-bond donors (Lipinski definition) is 2. The third-order valence-electron chi connectivity index (χ3n) is 4.54. The van der Waals surface area contributed by atoms with Crippen LogP contribution < -0.4 is 5.32 Å². The largest absolute Gasteiger partial charge is 0.480 e. The number of nitrogens with one attached hydrogen (secondary N) is 1. The van der Waals surface area contributed by atoms with Gasteiger partial charge in [0.25, 0.3) is 0 Å². The number of carboxylic acid groups (broad SMARTS) is 1. The number of carboxylic acids is 1. The van der Waals surface area contributed by atoms with Crippen molar-refractivity contribution >= 4 is 5.97 Å². The van der Waals surface area contributed by atoms with Crippen LogP contribution in [0.25, 0.3) is 0 Å². The molecule has 0 radical (unpaired) electrons. The van der Waals surface area contributed by atoms with Gasteiger partial charge >= 0.3 is 5.97 Å². The molecule has 1 aromatic carbocycles. The van der Waals surface area contributed by atoms with Crippen LogP contribution in [0, 0.1) is 5.92 Å². The second-order valence-corrected chi connectivity index (χ2v) is 5.58. The van der Waals surface area contributed by atoms with Gasteiger partial charge in [-0.1, -0.05) is 43.2 Å². The summed E-state index contributed by atoms with van der Waals surface area (Å²) in [7, 11) is 0. The van der Waals surface area contributed by atoms with E-state index < -0.39 is 11.5 Å². The first-order valence-electron chi connectivity index (χ1n) is 6.79. The van der Waals surface area contributed by atoms with E-state index in [0.717, 1.165) is 18.4 Å². The van der Waals surface area contributed by atoms with Crippen molar-refractivity contribution in [2.45, 2.75) is 43.7 Å². The quantitative estimate of drug-likeness (QED) is 0.841. The summed E-state index contributed by atoms with van der Waals surface area (Å²) in [6.45, 7) is 0. The minimum absolute atomic E-state index is 0.384. The van der Waals surface area contributed by atoms with Gasteiger partial charge in [-0.2, -0.15) is 0 Å². The molecule has 0 unspecified atom stereocenters. The molecule has 0 aromatic heterocycles. The summed E-state index contributed by atoms with van der Waals surface area (Å²) in [6, 6.07) is 10.0. The second kappa shape index (κ2) is 4.39. The van der Waals surface area contributed by atoms with Crippen molar-refractivity contribution in [3.8, 4) is 0 Å². The minimum atomic E-state index is -0.860. The van der Waals surface area contributed by atoms with Crippen LogP contribution in [0.4, 0.5) is 0 Å². The molecule has 2 fully saturated rings. The maximum absolute atomic E-state index is 11.8. The lowest BCUT2D eigenvalue weighted by Crippen LogP contribution is -2.47. The van der Waals surface area contributed by atoms with Gasteiger partial charge in [-0.05, 0) is 30.7 Å². The van der Waals surface area contributed by atoms with Crippen molar-refractivity contribution in [1.82, 2.24) is 5.32 Å². The molecule has 0 spiro atoms. The SMILES string of the molecule is O=C(O)[C@]1(c2ccccc2)C[C@@H]2CCCC[C@@H]2N1. The lowest BCUT2D eigenvalue weighted by atomic mass is 9.80. The average molecular weight is 245 g/mol. The third-order valence-corrected chi connectivity index (χ3v) is 4.54. The van der Waals surface area contributed by atoms with Gasteiger partial charge in [0.1, 0.15) is 5.54 Å². The molecule has 0 amide bonds. The van der Waals surface area contributed by atoms with Crippen LogP contribution in [0.1, 0.15) is 37.7 Å². The van der Waals surface area contributed by atoms with Gasteiger partial charge in [-0.3, -0.25) is 5.32 Å². The molecule has 96 valence electrons. The second-order valence-electron chi connectivity index (χ2n) is 5.58. The molecule has 1 aromatic rings. The Labute approximate surface area is 107 Å². The zero-order chi connectivity index (χ0) is 12.6. The molecule has 1 aliphatic heterocycles. The highest BCUT2D eigenvalue weighted by Gasteiger charge is 2.51. The Balaban J connectivity index is 1.97. The fourth-order valence-corrected chi connectivity index (χ4v) is 3.61. The molecule has 3 rings (SSSR count). The van der Waals surface area contributed by atoms with Gasteiger partial charge in [0.05, 0.1) is 0 Å². The number of aliphatic carboxylic acids is 1. The van der Waals surface area contributed by atoms with Gasteiger partial charge in [-0.15, -0.1) is 0 Å². The summed E-state index contributed by atoms with van der Waals surface area (Å²) >= 11 is 0. The van der Waals surface area contributed by atoms with Crippen LogP contribution in [0.3, 0.4) is 0 Å². The van der Waals surface area contributed by atoms with E-state index in [2.05, 4.69) is 5.32 Å². The average Bonchev–Trinajstić information content (AvgIpc) is 2.80. The van der Waals surface area contributed by atoms with E-state index >= 15 is 0 Å². The summed E-state index contributed by atoms with van der Waals surface area (Å²) < 4.78 is 0. The molecule has 1 aliphatic carbocycles. The highest BCUT2D eigenvalue weighted by atomic mass is 16.4. The first-order chi connectivity index (χ1) is 8.72. The van der Waals surface area contributed by atoms with Gasteiger partial charge < -0.3 is 5.11 Å². The summed E-state index contributed by atoms with van der Waals surface area (Å²) in [4.78, 5) is 11.8. The number of fused-ring (bicyclic) bond motifs is 1. The van der Waals surface area contributed by atoms with E-state index in [4.69, 9.17) is 0 Å². The predicted octanol–water partition coefficient (Wildman–Crippen LogP) is 2.52. The zero-order valence-electron chi connectivity index (χ0n) is 10.4. The first-order valence-corrected chi connectivity index (χ1v) is 6.79. The Kier molecular flexibility index (Phi) is 2.86. The zero-order valence-corrected chi connectivity index (χ0v) is 10.4. The van der Waals surface area contributed by atoms with Crippen molar-refractivity contribution in [3.05, 3.63) is 35.9 Å². The van der Waals surface area contributed by atoms with Crippen LogP contribution in [-0.4, -0.2) is 17.1 Å². The summed E-state index contributed by atoms with van der Waals surface area (Å²) in [5.41, 5.74) is 0.0351. The van der Waals surface area contributed by atoms with E-state index in [1.54, 1.807) is 0 Å². The monoisotopic (exact) mass is 245 g/mol. The standard InChI is InChI=1S/C15H19NO2/c17-14(18)15(12-7-2-1-3-8-12)10-11-6-4-5-9-13(11)16-15/h1-3,7-8,11,13,16H,4-6,9-10H2,(H,17,18)/t11-,13-,15+/m0/s1. The molecule has 3 heteroatoms. The normalized spacial score (nSPS) is 35.1. The van der Waals surface area contributed by atoms with Crippen LogP contribution >= 0.6 is 0 Å². The molecule has 0 bridgehead atoms. The fraction of sp³-hybridized carbons (Fsp3) is 0.533. The lowest BCUT2D eigenvalue weighted by molar-refractivity contribution is -0.145. The van der Waals surface area contributed by atoms with Crippen molar-refractivity contribution in [1.29, 1.82) is 0 Å². The van der Waals surface area contributed by atoms with E-state index in [0.29, 0.717) is 12.0 Å². The van der Waals surface area contributed by atoms with Crippen LogP contribution in [0.2, 0.25) is 0 Å². The Hall–Kier alpha value is -1.35. The molecule has 2 N–H and O–H groups in total. The summed E-state index contributed by atoms with van der Waals surface area (Å²) in [5, 5.41) is 13.1. The topological polar surface area (TPSA) is 49.3 Å². The molecular formula is C15H19NO2. The summed E-state index contributed by atoms with van der Waals surface area (Å²) in [5.74, 6) is -0.210. The van der Waals surface area contributed by atoms with Crippen molar-refractivity contribution in [2.24, 2.45) is 5.92 Å². The fourth-order valence-electron chi connectivity index (χ4n) is 3.61. The Bertz CT molecular complexity index is 429. The van der Waals surface area contributed by atoms with Crippen molar-refractivity contribution in [2.75, 3.05) is 0 Å². The van der Waals surface area contributed by atoms with Crippen LogP contribution in [-0.2, 0) is 10.3 Å². The Morgan fingerprint density at radius 2 is 1.94 bits per heavy atom. The van der Waals surface area contributed by atoms with E-state index in [-0.39, 0.29) is 0 Å². The Morgan fingerprint density at radius 3 is 2.61 bits per heavy atom. The van der Waals surface area contributed by atoms with Gasteiger partial charge in [0, 0.05) is 6.04 Å². The lowest BCUT2D eigenvalue weighted by Gasteiger charge is -2.26. The smallest absolute Gasteiger partial charge is 0.328 e. The van der Waals surface area contributed by atoms with E-state index in [1.165, 1.54) is 19.3 Å². The highest BCUT2D eigenvalue weighted by molar-refractivity contribution is 5.81. The van der Waals surface area contributed by atoms with E-state index in [1.807, 2.05) is 30.3 Å². The minimum Gasteiger partial charge on any atom is -0.480 e.